The van der Waals surface area contributed by atoms with Crippen LogP contribution < -0.4 is 20.3 Å². The van der Waals surface area contributed by atoms with Crippen LogP contribution in [0.15, 0.2) is 54.6 Å². The summed E-state index contributed by atoms with van der Waals surface area (Å²) in [6.45, 7) is 4.08. The molecule has 0 aromatic heterocycles. The fourth-order valence-electron chi connectivity index (χ4n) is 2.31. The average Bonchev–Trinajstić information content (AvgIpc) is 2.61. The molecule has 5 heteroatoms. The van der Waals surface area contributed by atoms with Crippen LogP contribution in [0.4, 0.5) is 16.2 Å². The zero-order chi connectivity index (χ0) is 17.2. The van der Waals surface area contributed by atoms with Gasteiger partial charge in [0.1, 0.15) is 5.75 Å². The smallest absolute Gasteiger partial charge is 0.319 e. The number of carbonyl (C=O) groups excluding carboxylic acids is 1. The number of nitrogens with one attached hydrogen (secondary N) is 2. The zero-order valence-electron chi connectivity index (χ0n) is 14.3. The number of carbonyl (C=O) groups is 1. The number of nitrogens with zero attached hydrogens (tertiary/aromatic N) is 1. The van der Waals surface area contributed by atoms with Gasteiger partial charge in [-0.1, -0.05) is 18.2 Å². The standard InChI is InChI=1S/C19H25N3O2/c1-3-24-18-12-10-16(11-13-18)21-19(23)20-14-7-15-22(2)17-8-5-4-6-9-17/h4-6,8-13H,3,7,14-15H2,1-2H3,(H2,20,21,23). The summed E-state index contributed by atoms with van der Waals surface area (Å²) in [6, 6.07) is 17.3. The van der Waals surface area contributed by atoms with Gasteiger partial charge >= 0.3 is 6.03 Å². The summed E-state index contributed by atoms with van der Waals surface area (Å²) in [6.07, 6.45) is 0.877. The molecule has 0 fully saturated rings. The highest BCUT2D eigenvalue weighted by atomic mass is 16.5. The molecule has 2 aromatic carbocycles. The van der Waals surface area contributed by atoms with Crippen LogP contribution in [-0.4, -0.2) is 32.8 Å². The zero-order valence-corrected chi connectivity index (χ0v) is 14.3. The Labute approximate surface area is 143 Å². The number of urea groups is 1. The van der Waals surface area contributed by atoms with Crippen molar-refractivity contribution in [3.05, 3.63) is 54.6 Å². The predicted molar refractivity (Wildman–Crippen MR) is 99.0 cm³/mol. The van der Waals surface area contributed by atoms with E-state index in [1.165, 1.54) is 5.69 Å². The number of ether oxygens (including phenoxy) is 1. The minimum Gasteiger partial charge on any atom is -0.494 e. The Morgan fingerprint density at radius 1 is 1.08 bits per heavy atom. The van der Waals surface area contributed by atoms with Gasteiger partial charge in [0.05, 0.1) is 6.61 Å². The topological polar surface area (TPSA) is 53.6 Å². The Bertz CT molecular complexity index is 614. The van der Waals surface area contributed by atoms with Crippen LogP contribution in [-0.2, 0) is 0 Å². The maximum Gasteiger partial charge on any atom is 0.319 e. The Balaban J connectivity index is 1.66. The molecule has 0 aliphatic carbocycles. The van der Waals surface area contributed by atoms with Crippen molar-refractivity contribution >= 4 is 17.4 Å². The third-order valence-corrected chi connectivity index (χ3v) is 3.58. The Morgan fingerprint density at radius 3 is 2.46 bits per heavy atom. The van der Waals surface area contributed by atoms with Gasteiger partial charge < -0.3 is 20.3 Å². The molecule has 2 amide bonds. The van der Waals surface area contributed by atoms with Crippen molar-refractivity contribution in [3.63, 3.8) is 0 Å². The van der Waals surface area contributed by atoms with Gasteiger partial charge in [-0.2, -0.15) is 0 Å². The highest BCUT2D eigenvalue weighted by molar-refractivity contribution is 5.89. The van der Waals surface area contributed by atoms with E-state index in [0.29, 0.717) is 13.2 Å². The van der Waals surface area contributed by atoms with Crippen molar-refractivity contribution in [2.24, 2.45) is 0 Å². The molecular formula is C19H25N3O2. The number of hydrogen-bond acceptors (Lipinski definition) is 3. The first-order valence-electron chi connectivity index (χ1n) is 8.23. The van der Waals surface area contributed by atoms with Gasteiger partial charge in [0, 0.05) is 31.5 Å². The van der Waals surface area contributed by atoms with E-state index in [2.05, 4.69) is 34.7 Å². The molecule has 24 heavy (non-hydrogen) atoms. The summed E-state index contributed by atoms with van der Waals surface area (Å²) in [5.74, 6) is 0.799. The lowest BCUT2D eigenvalue weighted by Crippen LogP contribution is -2.31. The Kier molecular flexibility index (Phi) is 6.95. The van der Waals surface area contributed by atoms with Crippen molar-refractivity contribution in [3.8, 4) is 5.75 Å². The van der Waals surface area contributed by atoms with Crippen LogP contribution in [0.1, 0.15) is 13.3 Å². The van der Waals surface area contributed by atoms with Crippen LogP contribution in [0.2, 0.25) is 0 Å². The molecule has 0 spiro atoms. The number of benzene rings is 2. The normalized spacial score (nSPS) is 10.1. The molecule has 0 aliphatic heterocycles. The fourth-order valence-corrected chi connectivity index (χ4v) is 2.31. The van der Waals surface area contributed by atoms with Crippen molar-refractivity contribution in [1.82, 2.24) is 5.32 Å². The quantitative estimate of drug-likeness (QED) is 0.726. The molecular weight excluding hydrogens is 302 g/mol. The van der Waals surface area contributed by atoms with Gasteiger partial charge in [-0.3, -0.25) is 0 Å². The fraction of sp³-hybridized carbons (Fsp3) is 0.316. The molecule has 0 bridgehead atoms. The van der Waals surface area contributed by atoms with E-state index in [1.807, 2.05) is 49.4 Å². The van der Waals surface area contributed by atoms with E-state index < -0.39 is 0 Å². The lowest BCUT2D eigenvalue weighted by molar-refractivity contribution is 0.252. The largest absolute Gasteiger partial charge is 0.494 e. The van der Waals surface area contributed by atoms with Crippen molar-refractivity contribution in [2.75, 3.05) is 37.0 Å². The summed E-state index contributed by atoms with van der Waals surface area (Å²) in [4.78, 5) is 14.0. The van der Waals surface area contributed by atoms with Gasteiger partial charge in [0.15, 0.2) is 0 Å². The van der Waals surface area contributed by atoms with E-state index in [1.54, 1.807) is 0 Å². The molecule has 0 atom stereocenters. The van der Waals surface area contributed by atoms with Crippen LogP contribution in [0.3, 0.4) is 0 Å². The van der Waals surface area contributed by atoms with Gasteiger partial charge in [-0.15, -0.1) is 0 Å². The van der Waals surface area contributed by atoms with Crippen LogP contribution in [0.5, 0.6) is 5.75 Å². The van der Waals surface area contributed by atoms with Gasteiger partial charge in [0.2, 0.25) is 0 Å². The highest BCUT2D eigenvalue weighted by Gasteiger charge is 2.03. The maximum absolute atomic E-state index is 11.9. The van der Waals surface area contributed by atoms with Crippen molar-refractivity contribution < 1.29 is 9.53 Å². The minimum absolute atomic E-state index is 0.193. The third kappa shape index (κ3) is 5.83. The van der Waals surface area contributed by atoms with Gasteiger partial charge in [-0.25, -0.2) is 4.79 Å². The second-order valence-corrected chi connectivity index (χ2v) is 5.45. The molecule has 128 valence electrons. The second-order valence-electron chi connectivity index (χ2n) is 5.45. The van der Waals surface area contributed by atoms with Crippen LogP contribution in [0.25, 0.3) is 0 Å². The van der Waals surface area contributed by atoms with Crippen molar-refractivity contribution in [2.45, 2.75) is 13.3 Å². The second kappa shape index (κ2) is 9.45. The lowest BCUT2D eigenvalue weighted by Gasteiger charge is -2.19. The summed E-state index contributed by atoms with van der Waals surface area (Å²) >= 11 is 0. The van der Waals surface area contributed by atoms with E-state index in [0.717, 1.165) is 24.4 Å². The molecule has 0 unspecified atom stereocenters. The van der Waals surface area contributed by atoms with Crippen LogP contribution >= 0.6 is 0 Å². The number of para-hydroxylation sites is 1. The number of hydrogen-bond donors (Lipinski definition) is 2. The molecule has 0 radical (unpaired) electrons. The van der Waals surface area contributed by atoms with Crippen LogP contribution in [0, 0.1) is 0 Å². The SMILES string of the molecule is CCOc1ccc(NC(=O)NCCCN(C)c2ccccc2)cc1. The van der Waals surface area contributed by atoms with E-state index in [9.17, 15) is 4.79 Å². The van der Waals surface area contributed by atoms with Crippen molar-refractivity contribution in [1.29, 1.82) is 0 Å². The number of amides is 2. The molecule has 0 saturated heterocycles. The maximum atomic E-state index is 11.9. The Morgan fingerprint density at radius 2 is 1.79 bits per heavy atom. The minimum atomic E-state index is -0.193. The lowest BCUT2D eigenvalue weighted by atomic mass is 10.3. The third-order valence-electron chi connectivity index (χ3n) is 3.58. The summed E-state index contributed by atoms with van der Waals surface area (Å²) in [5.41, 5.74) is 1.92. The molecule has 0 heterocycles. The predicted octanol–water partition coefficient (Wildman–Crippen LogP) is 3.73. The number of rotatable bonds is 8. The van der Waals surface area contributed by atoms with Gasteiger partial charge in [0.25, 0.3) is 0 Å². The van der Waals surface area contributed by atoms with E-state index in [-0.39, 0.29) is 6.03 Å². The summed E-state index contributed by atoms with van der Waals surface area (Å²) in [5, 5.41) is 5.68. The Hall–Kier alpha value is -2.69. The molecule has 2 rings (SSSR count). The first-order valence-corrected chi connectivity index (χ1v) is 8.23. The molecule has 5 nitrogen and oxygen atoms in total. The van der Waals surface area contributed by atoms with Gasteiger partial charge in [-0.05, 0) is 49.7 Å². The molecule has 0 saturated carbocycles. The number of anilines is 2. The van der Waals surface area contributed by atoms with E-state index >= 15 is 0 Å². The first-order chi connectivity index (χ1) is 11.7. The first kappa shape index (κ1) is 17.7. The summed E-state index contributed by atoms with van der Waals surface area (Å²) in [7, 11) is 2.05. The average molecular weight is 327 g/mol. The molecule has 0 aliphatic rings. The molecule has 2 aromatic rings. The highest BCUT2D eigenvalue weighted by Crippen LogP contribution is 2.15. The summed E-state index contributed by atoms with van der Waals surface area (Å²) < 4.78 is 5.37. The van der Waals surface area contributed by atoms with E-state index in [4.69, 9.17) is 4.74 Å². The molecule has 2 N–H and O–H groups in total. The monoisotopic (exact) mass is 327 g/mol.